The molecule has 6 nitrogen and oxygen atoms in total. The summed E-state index contributed by atoms with van der Waals surface area (Å²) >= 11 is 0. The van der Waals surface area contributed by atoms with Gasteiger partial charge in [0.1, 0.15) is 12.6 Å². The number of nitrogens with one attached hydrogen (secondary N) is 1. The highest BCUT2D eigenvalue weighted by atomic mass is 16.5. The monoisotopic (exact) mass is 468 g/mol. The summed E-state index contributed by atoms with van der Waals surface area (Å²) in [6.07, 6.45) is -0.0106. The van der Waals surface area contributed by atoms with Crippen LogP contribution in [0.2, 0.25) is 0 Å². The average molecular weight is 469 g/mol. The lowest BCUT2D eigenvalue weighted by atomic mass is 9.98. The number of carbonyl (C=O) groups excluding carboxylic acids is 1. The summed E-state index contributed by atoms with van der Waals surface area (Å²) in [6.45, 7) is 6.13. The second-order valence-corrected chi connectivity index (χ2v) is 9.46. The number of carbonyl (C=O) groups is 1. The van der Waals surface area contributed by atoms with Crippen LogP contribution < -0.4 is 10.9 Å². The van der Waals surface area contributed by atoms with Gasteiger partial charge in [0.25, 0.3) is 0 Å². The van der Waals surface area contributed by atoms with Crippen LogP contribution in [0.1, 0.15) is 54.8 Å². The van der Waals surface area contributed by atoms with Crippen LogP contribution in [-0.4, -0.2) is 17.7 Å². The van der Waals surface area contributed by atoms with E-state index in [1.165, 1.54) is 11.1 Å². The fourth-order valence-corrected chi connectivity index (χ4v) is 4.92. The zero-order valence-corrected chi connectivity index (χ0v) is 20.1. The van der Waals surface area contributed by atoms with E-state index in [0.717, 1.165) is 16.7 Å². The van der Waals surface area contributed by atoms with E-state index in [0.29, 0.717) is 17.3 Å². The molecule has 0 saturated heterocycles. The first-order chi connectivity index (χ1) is 16.9. The number of amides is 1. The maximum absolute atomic E-state index is 12.9. The van der Waals surface area contributed by atoms with Crippen LogP contribution in [0.5, 0.6) is 0 Å². The molecular formula is C29H28N2O4. The van der Waals surface area contributed by atoms with E-state index in [9.17, 15) is 9.59 Å². The van der Waals surface area contributed by atoms with E-state index in [2.05, 4.69) is 34.6 Å². The number of aromatic nitrogens is 1. The first kappa shape index (κ1) is 22.8. The third-order valence-corrected chi connectivity index (χ3v) is 6.52. The maximum atomic E-state index is 12.9. The van der Waals surface area contributed by atoms with Gasteiger partial charge in [-0.25, -0.2) is 14.6 Å². The quantitative estimate of drug-likeness (QED) is 0.369. The molecule has 1 atom stereocenters. The Hall–Kier alpha value is -3.93. The molecule has 0 aliphatic heterocycles. The summed E-state index contributed by atoms with van der Waals surface area (Å²) in [6, 6.07) is 21.3. The summed E-state index contributed by atoms with van der Waals surface area (Å²) in [5.41, 5.74) is 5.56. The third kappa shape index (κ3) is 4.44. The van der Waals surface area contributed by atoms with Gasteiger partial charge in [0.2, 0.25) is 5.89 Å². The fraction of sp³-hybridized carbons (Fsp3) is 0.276. The highest BCUT2D eigenvalue weighted by molar-refractivity contribution is 5.81. The Morgan fingerprint density at radius 3 is 2.31 bits per heavy atom. The summed E-state index contributed by atoms with van der Waals surface area (Å²) < 4.78 is 11.3. The van der Waals surface area contributed by atoms with Gasteiger partial charge in [0.15, 0.2) is 0 Å². The molecule has 1 aliphatic carbocycles. The zero-order chi connectivity index (χ0) is 24.5. The van der Waals surface area contributed by atoms with Gasteiger partial charge in [-0.05, 0) is 53.1 Å². The standard InChI is InChI=1S/C29H28N2O4/c1-17(2)15-25(27-30-24-14-8-9-18(3)26(24)28(32)35-27)31-29(33)34-16-23-21-12-6-4-10-19(21)20-11-5-7-13-22(20)23/h4-14,17,23,25H,15-16H2,1-3H3,(H,31,33). The molecule has 0 radical (unpaired) electrons. The van der Waals surface area contributed by atoms with Crippen molar-refractivity contribution in [3.8, 4) is 11.1 Å². The second-order valence-electron chi connectivity index (χ2n) is 9.46. The Morgan fingerprint density at radius 2 is 1.66 bits per heavy atom. The van der Waals surface area contributed by atoms with Crippen molar-refractivity contribution in [2.75, 3.05) is 6.61 Å². The lowest BCUT2D eigenvalue weighted by Crippen LogP contribution is -2.32. The Morgan fingerprint density at radius 1 is 1.00 bits per heavy atom. The molecule has 0 saturated carbocycles. The largest absolute Gasteiger partial charge is 0.449 e. The molecule has 178 valence electrons. The van der Waals surface area contributed by atoms with E-state index in [4.69, 9.17) is 9.15 Å². The molecule has 4 aromatic rings. The van der Waals surface area contributed by atoms with Gasteiger partial charge in [-0.3, -0.25) is 0 Å². The van der Waals surface area contributed by atoms with Crippen LogP contribution in [0.4, 0.5) is 4.79 Å². The normalized spacial score (nSPS) is 13.5. The molecule has 0 spiro atoms. The van der Waals surface area contributed by atoms with Gasteiger partial charge in [-0.15, -0.1) is 0 Å². The molecular weight excluding hydrogens is 440 g/mol. The van der Waals surface area contributed by atoms with Crippen LogP contribution in [0, 0.1) is 12.8 Å². The number of hydrogen-bond acceptors (Lipinski definition) is 5. The summed E-state index contributed by atoms with van der Waals surface area (Å²) in [4.78, 5) is 30.2. The van der Waals surface area contributed by atoms with E-state index in [1.807, 2.05) is 57.2 Å². The molecule has 5 rings (SSSR count). The summed E-state index contributed by atoms with van der Waals surface area (Å²) in [7, 11) is 0. The van der Waals surface area contributed by atoms with Crippen LogP contribution >= 0.6 is 0 Å². The average Bonchev–Trinajstić information content (AvgIpc) is 3.15. The Labute approximate surface area is 204 Å². The first-order valence-corrected chi connectivity index (χ1v) is 11.9. The molecule has 1 aromatic heterocycles. The van der Waals surface area contributed by atoms with Crippen molar-refractivity contribution in [2.45, 2.75) is 39.2 Å². The van der Waals surface area contributed by atoms with Crippen LogP contribution in [-0.2, 0) is 4.74 Å². The number of hydrogen-bond donors (Lipinski definition) is 1. The predicted molar refractivity (Wildman–Crippen MR) is 135 cm³/mol. The fourth-order valence-electron chi connectivity index (χ4n) is 4.92. The van der Waals surface area contributed by atoms with E-state index >= 15 is 0 Å². The number of ether oxygens (including phenoxy) is 1. The lowest BCUT2D eigenvalue weighted by molar-refractivity contribution is 0.135. The number of nitrogens with zero attached hydrogens (tertiary/aromatic N) is 1. The van der Waals surface area contributed by atoms with Crippen molar-refractivity contribution in [1.29, 1.82) is 0 Å². The number of fused-ring (bicyclic) bond motifs is 4. The smallest absolute Gasteiger partial charge is 0.407 e. The van der Waals surface area contributed by atoms with Gasteiger partial charge < -0.3 is 14.5 Å². The van der Waals surface area contributed by atoms with E-state index in [1.54, 1.807) is 6.07 Å². The Balaban J connectivity index is 1.36. The molecule has 1 heterocycles. The van der Waals surface area contributed by atoms with Gasteiger partial charge in [0, 0.05) is 5.92 Å². The number of aryl methyl sites for hydroxylation is 1. The van der Waals surface area contributed by atoms with Crippen LogP contribution in [0.25, 0.3) is 22.0 Å². The minimum Gasteiger partial charge on any atom is -0.449 e. The Kier molecular flexibility index (Phi) is 6.12. The lowest BCUT2D eigenvalue weighted by Gasteiger charge is -2.20. The van der Waals surface area contributed by atoms with Crippen LogP contribution in [0.15, 0.2) is 75.9 Å². The molecule has 6 heteroatoms. The summed E-state index contributed by atoms with van der Waals surface area (Å²) in [5, 5.41) is 3.35. The van der Waals surface area contributed by atoms with Crippen molar-refractivity contribution in [1.82, 2.24) is 10.3 Å². The topological polar surface area (TPSA) is 81.4 Å². The number of rotatable bonds is 6. The van der Waals surface area contributed by atoms with Gasteiger partial charge >= 0.3 is 11.7 Å². The number of benzene rings is 3. The highest BCUT2D eigenvalue weighted by Crippen LogP contribution is 2.44. The third-order valence-electron chi connectivity index (χ3n) is 6.52. The minimum absolute atomic E-state index is 0.0311. The van der Waals surface area contributed by atoms with Gasteiger partial charge in [-0.1, -0.05) is 74.5 Å². The predicted octanol–water partition coefficient (Wildman–Crippen LogP) is 6.12. The van der Waals surface area contributed by atoms with Gasteiger partial charge in [-0.2, -0.15) is 0 Å². The van der Waals surface area contributed by atoms with E-state index in [-0.39, 0.29) is 24.3 Å². The summed E-state index contributed by atoms with van der Waals surface area (Å²) in [5.74, 6) is 0.390. The van der Waals surface area contributed by atoms with Crippen molar-refractivity contribution >= 4 is 17.0 Å². The molecule has 35 heavy (non-hydrogen) atoms. The SMILES string of the molecule is Cc1cccc2nc(C(CC(C)C)NC(=O)OCC3c4ccccc4-c4ccccc43)oc(=O)c12. The van der Waals surface area contributed by atoms with Crippen molar-refractivity contribution in [3.05, 3.63) is 99.7 Å². The molecule has 1 aliphatic rings. The molecule has 1 unspecified atom stereocenters. The second kappa shape index (κ2) is 9.37. The number of alkyl carbamates (subject to hydrolysis) is 1. The molecule has 3 aromatic carbocycles. The zero-order valence-electron chi connectivity index (χ0n) is 20.1. The van der Waals surface area contributed by atoms with E-state index < -0.39 is 17.8 Å². The molecule has 1 N–H and O–H groups in total. The van der Waals surface area contributed by atoms with Crippen molar-refractivity contribution in [2.24, 2.45) is 5.92 Å². The Bertz CT molecular complexity index is 1410. The van der Waals surface area contributed by atoms with Crippen molar-refractivity contribution < 1.29 is 13.9 Å². The maximum Gasteiger partial charge on any atom is 0.407 e. The molecule has 0 fully saturated rings. The van der Waals surface area contributed by atoms with Crippen LogP contribution in [0.3, 0.4) is 0 Å². The molecule has 0 bridgehead atoms. The van der Waals surface area contributed by atoms with Gasteiger partial charge in [0.05, 0.1) is 10.9 Å². The highest BCUT2D eigenvalue weighted by Gasteiger charge is 2.30. The minimum atomic E-state index is -0.580. The molecule has 1 amide bonds. The first-order valence-electron chi connectivity index (χ1n) is 11.9. The van der Waals surface area contributed by atoms with Crippen molar-refractivity contribution in [3.63, 3.8) is 0 Å².